The molecule has 0 radical (unpaired) electrons. The molecular weight excluding hydrogens is 210 g/mol. The fraction of sp³-hybridized carbons (Fsp3) is 0.300. The van der Waals surface area contributed by atoms with Crippen molar-refractivity contribution in [2.24, 2.45) is 12.8 Å². The van der Waals surface area contributed by atoms with Gasteiger partial charge < -0.3 is 10.5 Å². The summed E-state index contributed by atoms with van der Waals surface area (Å²) in [5, 5.41) is 6.08. The van der Waals surface area contributed by atoms with Crippen LogP contribution in [-0.4, -0.2) is 16.9 Å². The van der Waals surface area contributed by atoms with Crippen molar-refractivity contribution in [2.75, 3.05) is 7.11 Å². The number of nitrogens with two attached hydrogens (primary N) is 1. The third-order valence-corrected chi connectivity index (χ3v) is 3.22. The second kappa shape index (κ2) is 4.04. The summed E-state index contributed by atoms with van der Waals surface area (Å²) in [7, 11) is 3.53. The first-order chi connectivity index (χ1) is 7.22. The van der Waals surface area contributed by atoms with Crippen LogP contribution in [0.5, 0.6) is 5.75 Å². The van der Waals surface area contributed by atoms with Gasteiger partial charge in [-0.25, -0.2) is 0 Å². The molecule has 0 aliphatic heterocycles. The largest absolute Gasteiger partial charge is 0.496 e. The van der Waals surface area contributed by atoms with Gasteiger partial charge in [-0.1, -0.05) is 0 Å². The lowest BCUT2D eigenvalue weighted by Gasteiger charge is -2.09. The Morgan fingerprint density at radius 2 is 2.40 bits per heavy atom. The Kier molecular flexibility index (Phi) is 2.75. The molecule has 0 fully saturated rings. The van der Waals surface area contributed by atoms with Crippen LogP contribution in [0.15, 0.2) is 23.8 Å². The van der Waals surface area contributed by atoms with Crippen molar-refractivity contribution in [1.82, 2.24) is 9.78 Å². The van der Waals surface area contributed by atoms with E-state index in [0.29, 0.717) is 0 Å². The number of hydrogen-bond acceptors (Lipinski definition) is 4. The van der Waals surface area contributed by atoms with Crippen molar-refractivity contribution in [2.45, 2.75) is 6.04 Å². The predicted molar refractivity (Wildman–Crippen MR) is 60.1 cm³/mol. The summed E-state index contributed by atoms with van der Waals surface area (Å²) in [6, 6.07) is 1.77. The van der Waals surface area contributed by atoms with Gasteiger partial charge in [0.2, 0.25) is 0 Å². The lowest BCUT2D eigenvalue weighted by molar-refractivity contribution is 0.411. The second-order valence-corrected chi connectivity index (χ2v) is 4.23. The average Bonchev–Trinajstić information content (AvgIpc) is 2.84. The molecule has 1 atom stereocenters. The molecule has 1 unspecified atom stereocenters. The lowest BCUT2D eigenvalue weighted by Crippen LogP contribution is -2.10. The molecule has 2 aromatic rings. The number of ether oxygens (including phenoxy) is 1. The number of methoxy groups -OCH3 is 1. The molecular formula is C10H13N3OS. The minimum atomic E-state index is -0.159. The molecule has 4 nitrogen and oxygen atoms in total. The number of hydrogen-bond donors (Lipinski definition) is 1. The molecule has 0 saturated carbocycles. The summed E-state index contributed by atoms with van der Waals surface area (Å²) in [6.45, 7) is 0. The van der Waals surface area contributed by atoms with Crippen molar-refractivity contribution < 1.29 is 4.74 Å². The summed E-state index contributed by atoms with van der Waals surface area (Å²) < 4.78 is 6.98. The van der Waals surface area contributed by atoms with Gasteiger partial charge >= 0.3 is 0 Å². The van der Waals surface area contributed by atoms with Crippen LogP contribution in [0.2, 0.25) is 0 Å². The topological polar surface area (TPSA) is 53.1 Å². The van der Waals surface area contributed by atoms with Crippen LogP contribution in [0.3, 0.4) is 0 Å². The summed E-state index contributed by atoms with van der Waals surface area (Å²) in [6.07, 6.45) is 3.70. The smallest absolute Gasteiger partial charge is 0.134 e. The van der Waals surface area contributed by atoms with Crippen molar-refractivity contribution in [3.8, 4) is 5.75 Å². The average molecular weight is 223 g/mol. The van der Waals surface area contributed by atoms with Gasteiger partial charge in [0.05, 0.1) is 24.2 Å². The number of aryl methyl sites for hydroxylation is 1. The molecule has 0 aromatic carbocycles. The van der Waals surface area contributed by atoms with Crippen molar-refractivity contribution in [3.05, 3.63) is 34.3 Å². The van der Waals surface area contributed by atoms with Gasteiger partial charge in [0, 0.05) is 18.8 Å². The van der Waals surface area contributed by atoms with Gasteiger partial charge in [-0.15, -0.1) is 11.3 Å². The zero-order chi connectivity index (χ0) is 10.8. The van der Waals surface area contributed by atoms with Gasteiger partial charge in [0.25, 0.3) is 0 Å². The van der Waals surface area contributed by atoms with Gasteiger partial charge in [0.1, 0.15) is 5.75 Å². The maximum atomic E-state index is 6.13. The van der Waals surface area contributed by atoms with E-state index in [1.54, 1.807) is 29.3 Å². The molecule has 2 N–H and O–H groups in total. The highest BCUT2D eigenvalue weighted by Gasteiger charge is 2.16. The van der Waals surface area contributed by atoms with E-state index in [1.165, 1.54) is 0 Å². The van der Waals surface area contributed by atoms with Crippen LogP contribution < -0.4 is 10.5 Å². The quantitative estimate of drug-likeness (QED) is 0.858. The molecule has 2 heterocycles. The summed E-state index contributed by atoms with van der Waals surface area (Å²) in [5.41, 5.74) is 7.13. The van der Waals surface area contributed by atoms with Crippen molar-refractivity contribution in [1.29, 1.82) is 0 Å². The summed E-state index contributed by atoms with van der Waals surface area (Å²) in [4.78, 5) is 1.03. The van der Waals surface area contributed by atoms with E-state index in [0.717, 1.165) is 16.2 Å². The normalized spacial score (nSPS) is 12.7. The third kappa shape index (κ3) is 1.88. The Hall–Kier alpha value is -1.33. The highest BCUT2D eigenvalue weighted by molar-refractivity contribution is 7.10. The molecule has 5 heteroatoms. The Morgan fingerprint density at radius 1 is 1.60 bits per heavy atom. The van der Waals surface area contributed by atoms with E-state index in [9.17, 15) is 0 Å². The van der Waals surface area contributed by atoms with E-state index in [4.69, 9.17) is 10.5 Å². The first kappa shape index (κ1) is 10.2. The maximum Gasteiger partial charge on any atom is 0.134 e. The first-order valence-electron chi connectivity index (χ1n) is 4.58. The van der Waals surface area contributed by atoms with E-state index < -0.39 is 0 Å². The Morgan fingerprint density at radius 3 is 3.00 bits per heavy atom. The first-order valence-corrected chi connectivity index (χ1v) is 5.46. The van der Waals surface area contributed by atoms with Crippen molar-refractivity contribution in [3.63, 3.8) is 0 Å². The molecule has 0 saturated heterocycles. The minimum absolute atomic E-state index is 0.159. The monoisotopic (exact) mass is 223 g/mol. The molecule has 0 spiro atoms. The van der Waals surface area contributed by atoms with Gasteiger partial charge in [-0.05, 0) is 11.4 Å². The molecule has 0 bridgehead atoms. The standard InChI is InChI=1S/C10H13N3OS/c1-13-6-7(5-12-13)9(11)10-8(14-2)3-4-15-10/h3-6,9H,11H2,1-2H3. The Labute approximate surface area is 92.3 Å². The minimum Gasteiger partial charge on any atom is -0.496 e. The molecule has 0 aliphatic rings. The van der Waals surface area contributed by atoms with Gasteiger partial charge in [-0.3, -0.25) is 4.68 Å². The molecule has 2 rings (SSSR count). The molecule has 0 aliphatic carbocycles. The van der Waals surface area contributed by atoms with Crippen LogP contribution in [0, 0.1) is 0 Å². The van der Waals surface area contributed by atoms with E-state index in [2.05, 4.69) is 5.10 Å². The SMILES string of the molecule is COc1ccsc1C(N)c1cnn(C)c1. The highest BCUT2D eigenvalue weighted by atomic mass is 32.1. The van der Waals surface area contributed by atoms with Crippen LogP contribution in [0.25, 0.3) is 0 Å². The molecule has 0 amide bonds. The Bertz CT molecular complexity index is 449. The maximum absolute atomic E-state index is 6.13. The van der Waals surface area contributed by atoms with Crippen molar-refractivity contribution >= 4 is 11.3 Å². The zero-order valence-corrected chi connectivity index (χ0v) is 9.49. The van der Waals surface area contributed by atoms with Gasteiger partial charge in [-0.2, -0.15) is 5.10 Å². The summed E-state index contributed by atoms with van der Waals surface area (Å²) >= 11 is 1.60. The van der Waals surface area contributed by atoms with E-state index in [-0.39, 0.29) is 6.04 Å². The van der Waals surface area contributed by atoms with E-state index in [1.807, 2.05) is 24.7 Å². The predicted octanol–water partition coefficient (Wildman–Crippen LogP) is 1.54. The molecule has 15 heavy (non-hydrogen) atoms. The number of nitrogens with zero attached hydrogens (tertiary/aromatic N) is 2. The van der Waals surface area contributed by atoms with Crippen LogP contribution in [0.1, 0.15) is 16.5 Å². The van der Waals surface area contributed by atoms with Crippen LogP contribution in [-0.2, 0) is 7.05 Å². The van der Waals surface area contributed by atoms with Gasteiger partial charge in [0.15, 0.2) is 0 Å². The third-order valence-electron chi connectivity index (χ3n) is 2.24. The lowest BCUT2D eigenvalue weighted by atomic mass is 10.1. The fourth-order valence-electron chi connectivity index (χ4n) is 1.46. The van der Waals surface area contributed by atoms with Crippen LogP contribution >= 0.6 is 11.3 Å². The molecule has 2 aromatic heterocycles. The zero-order valence-electron chi connectivity index (χ0n) is 8.68. The summed E-state index contributed by atoms with van der Waals surface area (Å²) in [5.74, 6) is 0.844. The Balaban J connectivity index is 2.31. The number of thiophene rings is 1. The van der Waals surface area contributed by atoms with E-state index >= 15 is 0 Å². The number of aromatic nitrogens is 2. The highest BCUT2D eigenvalue weighted by Crippen LogP contribution is 2.32. The number of rotatable bonds is 3. The second-order valence-electron chi connectivity index (χ2n) is 3.28. The fourth-order valence-corrected chi connectivity index (χ4v) is 2.35. The molecule has 80 valence electrons. The van der Waals surface area contributed by atoms with Crippen LogP contribution in [0.4, 0.5) is 0 Å².